The lowest BCUT2D eigenvalue weighted by atomic mass is 9.98. The third-order valence-electron chi connectivity index (χ3n) is 3.70. The van der Waals surface area contributed by atoms with Crippen molar-refractivity contribution in [2.75, 3.05) is 0 Å². The molecule has 1 aliphatic carbocycles. The monoisotopic (exact) mass is 236 g/mol. The molecular formula is C16H28O. The predicted octanol–water partition coefficient (Wildman–Crippen LogP) is 5.05. The molecule has 0 fully saturated rings. The van der Waals surface area contributed by atoms with Gasteiger partial charge in [0.25, 0.3) is 0 Å². The van der Waals surface area contributed by atoms with Gasteiger partial charge in [0.05, 0.1) is 0 Å². The molecule has 17 heavy (non-hydrogen) atoms. The summed E-state index contributed by atoms with van der Waals surface area (Å²) in [5, 5.41) is 0. The van der Waals surface area contributed by atoms with E-state index >= 15 is 0 Å². The van der Waals surface area contributed by atoms with Gasteiger partial charge in [-0.15, -0.1) is 0 Å². The summed E-state index contributed by atoms with van der Waals surface area (Å²) in [5.41, 5.74) is 0. The van der Waals surface area contributed by atoms with E-state index in [1.165, 1.54) is 38.5 Å². The fraction of sp³-hybridized carbons (Fsp3) is 0.812. The Balaban J connectivity index is 2.30. The van der Waals surface area contributed by atoms with E-state index < -0.39 is 0 Å². The van der Waals surface area contributed by atoms with Gasteiger partial charge in [-0.25, -0.2) is 0 Å². The summed E-state index contributed by atoms with van der Waals surface area (Å²) in [4.78, 5) is 11.6. The Morgan fingerprint density at radius 2 is 1.65 bits per heavy atom. The van der Waals surface area contributed by atoms with Gasteiger partial charge >= 0.3 is 0 Å². The molecule has 1 rings (SSSR count). The smallest absolute Gasteiger partial charge is 0.132 e. The summed E-state index contributed by atoms with van der Waals surface area (Å²) in [6.45, 7) is 2.26. The van der Waals surface area contributed by atoms with E-state index in [1.807, 2.05) is 0 Å². The SMILES string of the molecule is CC1C/C=C/CCCCCCCCC(=O)CC1. The van der Waals surface area contributed by atoms with E-state index in [4.69, 9.17) is 0 Å². The van der Waals surface area contributed by atoms with Crippen LogP contribution in [0.5, 0.6) is 0 Å². The van der Waals surface area contributed by atoms with E-state index in [9.17, 15) is 4.79 Å². The lowest BCUT2D eigenvalue weighted by molar-refractivity contribution is -0.119. The molecule has 0 spiro atoms. The summed E-state index contributed by atoms with van der Waals surface area (Å²) in [6, 6.07) is 0. The summed E-state index contributed by atoms with van der Waals surface area (Å²) in [6.07, 6.45) is 17.4. The number of hydrogen-bond donors (Lipinski definition) is 0. The number of hydrogen-bond acceptors (Lipinski definition) is 1. The molecule has 0 aliphatic heterocycles. The molecule has 0 aromatic rings. The van der Waals surface area contributed by atoms with Crippen molar-refractivity contribution in [3.63, 3.8) is 0 Å². The quantitative estimate of drug-likeness (QED) is 0.538. The van der Waals surface area contributed by atoms with Crippen molar-refractivity contribution in [1.29, 1.82) is 0 Å². The first-order valence-electron chi connectivity index (χ1n) is 7.45. The Morgan fingerprint density at radius 3 is 2.47 bits per heavy atom. The van der Waals surface area contributed by atoms with E-state index in [1.54, 1.807) is 0 Å². The molecule has 0 radical (unpaired) electrons. The third-order valence-corrected chi connectivity index (χ3v) is 3.70. The van der Waals surface area contributed by atoms with Gasteiger partial charge in [-0.1, -0.05) is 44.8 Å². The van der Waals surface area contributed by atoms with Gasteiger partial charge in [0, 0.05) is 12.8 Å². The largest absolute Gasteiger partial charge is 0.300 e. The molecule has 0 N–H and O–H groups in total. The second-order valence-corrected chi connectivity index (χ2v) is 5.55. The van der Waals surface area contributed by atoms with E-state index in [0.717, 1.165) is 32.1 Å². The average Bonchev–Trinajstić information content (AvgIpc) is 2.33. The van der Waals surface area contributed by atoms with E-state index in [-0.39, 0.29) is 0 Å². The molecule has 98 valence electrons. The van der Waals surface area contributed by atoms with Gasteiger partial charge in [0.15, 0.2) is 0 Å². The summed E-state index contributed by atoms with van der Waals surface area (Å²) in [5.74, 6) is 1.15. The number of Topliss-reactive ketones (excluding diaryl/α,β-unsaturated/α-hetero) is 1. The Morgan fingerprint density at radius 1 is 0.941 bits per heavy atom. The molecule has 0 bridgehead atoms. The Labute approximate surface area is 107 Å². The highest BCUT2D eigenvalue weighted by molar-refractivity contribution is 5.78. The molecule has 0 aromatic heterocycles. The van der Waals surface area contributed by atoms with Gasteiger partial charge in [0.2, 0.25) is 0 Å². The Hall–Kier alpha value is -0.590. The second-order valence-electron chi connectivity index (χ2n) is 5.55. The highest BCUT2D eigenvalue weighted by atomic mass is 16.1. The van der Waals surface area contributed by atoms with Gasteiger partial charge in [-0.05, 0) is 38.0 Å². The number of allylic oxidation sites excluding steroid dienone is 2. The van der Waals surface area contributed by atoms with Crippen molar-refractivity contribution in [2.45, 2.75) is 77.6 Å². The van der Waals surface area contributed by atoms with Crippen LogP contribution in [0.2, 0.25) is 0 Å². The molecule has 0 saturated heterocycles. The zero-order valence-corrected chi connectivity index (χ0v) is 11.4. The van der Waals surface area contributed by atoms with Crippen LogP contribution in [0.15, 0.2) is 12.2 Å². The van der Waals surface area contributed by atoms with Gasteiger partial charge < -0.3 is 0 Å². The van der Waals surface area contributed by atoms with Crippen LogP contribution in [0.1, 0.15) is 77.6 Å². The van der Waals surface area contributed by atoms with Crippen molar-refractivity contribution in [3.05, 3.63) is 12.2 Å². The Bertz CT molecular complexity index is 230. The number of rotatable bonds is 0. The molecule has 0 saturated carbocycles. The molecule has 1 aliphatic rings. The highest BCUT2D eigenvalue weighted by Gasteiger charge is 2.06. The van der Waals surface area contributed by atoms with Crippen LogP contribution in [-0.4, -0.2) is 5.78 Å². The first-order chi connectivity index (χ1) is 8.29. The fourth-order valence-electron chi connectivity index (χ4n) is 2.39. The van der Waals surface area contributed by atoms with Crippen LogP contribution < -0.4 is 0 Å². The van der Waals surface area contributed by atoms with Crippen molar-refractivity contribution in [2.24, 2.45) is 5.92 Å². The molecule has 0 aromatic carbocycles. The average molecular weight is 236 g/mol. The summed E-state index contributed by atoms with van der Waals surface area (Å²) < 4.78 is 0. The Kier molecular flexibility index (Phi) is 8.04. The fourth-order valence-corrected chi connectivity index (χ4v) is 2.39. The molecule has 1 nitrogen and oxygen atoms in total. The van der Waals surface area contributed by atoms with Crippen molar-refractivity contribution in [1.82, 2.24) is 0 Å². The summed E-state index contributed by atoms with van der Waals surface area (Å²) in [7, 11) is 0. The van der Waals surface area contributed by atoms with Crippen LogP contribution in [-0.2, 0) is 4.79 Å². The minimum atomic E-state index is 0.482. The summed E-state index contributed by atoms with van der Waals surface area (Å²) >= 11 is 0. The topological polar surface area (TPSA) is 17.1 Å². The molecule has 1 heteroatoms. The number of ketones is 1. The lowest BCUT2D eigenvalue weighted by Gasteiger charge is -2.07. The van der Waals surface area contributed by atoms with E-state index in [0.29, 0.717) is 11.7 Å². The minimum Gasteiger partial charge on any atom is -0.300 e. The van der Waals surface area contributed by atoms with E-state index in [2.05, 4.69) is 19.1 Å². The zero-order valence-electron chi connectivity index (χ0n) is 11.4. The van der Waals surface area contributed by atoms with Crippen LogP contribution in [0.4, 0.5) is 0 Å². The predicted molar refractivity (Wildman–Crippen MR) is 74.1 cm³/mol. The minimum absolute atomic E-state index is 0.482. The number of carbonyl (C=O) groups excluding carboxylic acids is 1. The maximum absolute atomic E-state index is 11.6. The van der Waals surface area contributed by atoms with Crippen LogP contribution in [0.3, 0.4) is 0 Å². The van der Waals surface area contributed by atoms with Gasteiger partial charge in [-0.2, -0.15) is 0 Å². The first kappa shape index (κ1) is 14.5. The third kappa shape index (κ3) is 8.18. The van der Waals surface area contributed by atoms with Crippen molar-refractivity contribution < 1.29 is 4.79 Å². The molecule has 1 atom stereocenters. The first-order valence-corrected chi connectivity index (χ1v) is 7.45. The van der Waals surface area contributed by atoms with Crippen LogP contribution in [0, 0.1) is 5.92 Å². The second kappa shape index (κ2) is 9.44. The normalized spacial score (nSPS) is 28.1. The number of carbonyl (C=O) groups is 1. The van der Waals surface area contributed by atoms with Gasteiger partial charge in [0.1, 0.15) is 5.78 Å². The van der Waals surface area contributed by atoms with Crippen LogP contribution >= 0.6 is 0 Å². The van der Waals surface area contributed by atoms with Crippen LogP contribution in [0.25, 0.3) is 0 Å². The zero-order chi connectivity index (χ0) is 12.3. The highest BCUT2D eigenvalue weighted by Crippen LogP contribution is 2.15. The van der Waals surface area contributed by atoms with Crippen molar-refractivity contribution >= 4 is 5.78 Å². The lowest BCUT2D eigenvalue weighted by Crippen LogP contribution is -2.02. The maximum Gasteiger partial charge on any atom is 0.132 e. The molecule has 0 heterocycles. The van der Waals surface area contributed by atoms with Gasteiger partial charge in [-0.3, -0.25) is 4.79 Å². The molecule has 1 unspecified atom stereocenters. The maximum atomic E-state index is 11.6. The standard InChI is InChI=1S/C16H28O/c1-15-11-9-7-5-3-2-4-6-8-10-12-16(17)14-13-15/h7,9,15H,2-6,8,10-14H2,1H3/b9-7+. The molecular weight excluding hydrogens is 208 g/mol. The van der Waals surface area contributed by atoms with Crippen molar-refractivity contribution in [3.8, 4) is 0 Å². The molecule has 0 amide bonds.